The van der Waals surface area contributed by atoms with E-state index in [1.807, 2.05) is 0 Å². The van der Waals surface area contributed by atoms with E-state index in [9.17, 15) is 14.7 Å². The highest BCUT2D eigenvalue weighted by Gasteiger charge is 2.35. The maximum absolute atomic E-state index is 12.2. The Morgan fingerprint density at radius 1 is 1.45 bits per heavy atom. The van der Waals surface area contributed by atoms with Crippen LogP contribution in [0.3, 0.4) is 0 Å². The van der Waals surface area contributed by atoms with Crippen LogP contribution in [0, 0.1) is 0 Å². The number of nitrogens with two attached hydrogens (primary N) is 1. The second-order valence-corrected chi connectivity index (χ2v) is 5.01. The van der Waals surface area contributed by atoms with Gasteiger partial charge in [0.05, 0.1) is 24.3 Å². The van der Waals surface area contributed by atoms with Gasteiger partial charge in [0.2, 0.25) is 5.91 Å². The molecule has 4 N–H and O–H groups in total. The van der Waals surface area contributed by atoms with E-state index in [0.717, 1.165) is 30.7 Å². The van der Waals surface area contributed by atoms with Crippen LogP contribution in [0.4, 0.5) is 0 Å². The zero-order valence-corrected chi connectivity index (χ0v) is 11.3. The third-order valence-electron chi connectivity index (χ3n) is 3.60. The summed E-state index contributed by atoms with van der Waals surface area (Å²) in [7, 11) is 0. The van der Waals surface area contributed by atoms with E-state index in [1.54, 1.807) is 6.33 Å². The van der Waals surface area contributed by atoms with Gasteiger partial charge in [0.25, 0.3) is 0 Å². The highest BCUT2D eigenvalue weighted by atomic mass is 16.4. The highest BCUT2D eigenvalue weighted by Crippen LogP contribution is 2.22. The fourth-order valence-electron chi connectivity index (χ4n) is 2.46. The van der Waals surface area contributed by atoms with Crippen molar-refractivity contribution in [1.29, 1.82) is 0 Å². The Labute approximate surface area is 117 Å². The number of imidazole rings is 1. The first-order valence-electron chi connectivity index (χ1n) is 6.87. The first-order chi connectivity index (χ1) is 9.63. The number of carboxylic acids is 1. The second-order valence-electron chi connectivity index (χ2n) is 5.01. The fourth-order valence-corrected chi connectivity index (χ4v) is 2.46. The topological polar surface area (TPSA) is 112 Å². The lowest BCUT2D eigenvalue weighted by Crippen LogP contribution is -2.48. The number of rotatable bonds is 6. The predicted octanol–water partition coefficient (Wildman–Crippen LogP) is 0.267. The van der Waals surface area contributed by atoms with E-state index < -0.39 is 12.0 Å². The molecule has 110 valence electrons. The van der Waals surface area contributed by atoms with E-state index in [-0.39, 0.29) is 12.3 Å². The zero-order valence-electron chi connectivity index (χ0n) is 11.3. The average molecular weight is 280 g/mol. The summed E-state index contributed by atoms with van der Waals surface area (Å²) in [4.78, 5) is 32.0. The van der Waals surface area contributed by atoms with Crippen LogP contribution in [0.1, 0.15) is 37.1 Å². The lowest BCUT2D eigenvalue weighted by Gasteiger charge is -2.32. The molecule has 1 aliphatic heterocycles. The van der Waals surface area contributed by atoms with Crippen LogP contribution in [0.25, 0.3) is 0 Å². The molecule has 2 heterocycles. The molecule has 7 nitrogen and oxygen atoms in total. The summed E-state index contributed by atoms with van der Waals surface area (Å²) in [6.07, 6.45) is 4.70. The minimum Gasteiger partial charge on any atom is -0.480 e. The molecule has 0 radical (unpaired) electrons. The number of unbranched alkanes of at least 4 members (excludes halogenated alkanes) is 2. The van der Waals surface area contributed by atoms with Gasteiger partial charge in [-0.1, -0.05) is 6.42 Å². The third-order valence-corrected chi connectivity index (χ3v) is 3.60. The van der Waals surface area contributed by atoms with Gasteiger partial charge in [-0.15, -0.1) is 0 Å². The molecule has 1 aromatic rings. The van der Waals surface area contributed by atoms with Gasteiger partial charge in [0.15, 0.2) is 0 Å². The number of hydrogen-bond donors (Lipinski definition) is 3. The number of carboxylic acid groups (broad SMARTS) is 1. The van der Waals surface area contributed by atoms with Crippen LogP contribution in [0.15, 0.2) is 6.33 Å². The normalized spacial score (nSPS) is 17.9. The number of aromatic nitrogens is 2. The Morgan fingerprint density at radius 2 is 2.25 bits per heavy atom. The summed E-state index contributed by atoms with van der Waals surface area (Å²) >= 11 is 0. The molecular formula is C13H20N4O3. The number of H-pyrrole nitrogens is 1. The van der Waals surface area contributed by atoms with Crippen LogP contribution in [0.2, 0.25) is 0 Å². The molecule has 1 aliphatic rings. The van der Waals surface area contributed by atoms with Crippen molar-refractivity contribution in [3.05, 3.63) is 17.7 Å². The number of carbonyl (C=O) groups excluding carboxylic acids is 1. The van der Waals surface area contributed by atoms with Crippen LogP contribution < -0.4 is 5.73 Å². The Morgan fingerprint density at radius 3 is 2.95 bits per heavy atom. The molecule has 1 atom stereocenters. The van der Waals surface area contributed by atoms with Crippen molar-refractivity contribution in [3.8, 4) is 0 Å². The van der Waals surface area contributed by atoms with E-state index >= 15 is 0 Å². The van der Waals surface area contributed by atoms with Crippen LogP contribution in [-0.4, -0.2) is 44.4 Å². The van der Waals surface area contributed by atoms with Gasteiger partial charge in [-0.05, 0) is 19.4 Å². The minimum atomic E-state index is -0.978. The van der Waals surface area contributed by atoms with Crippen molar-refractivity contribution in [3.63, 3.8) is 0 Å². The van der Waals surface area contributed by atoms with Gasteiger partial charge in [-0.25, -0.2) is 9.78 Å². The molecule has 1 unspecified atom stereocenters. The number of aromatic amines is 1. The first-order valence-corrected chi connectivity index (χ1v) is 6.87. The summed E-state index contributed by atoms with van der Waals surface area (Å²) in [5, 5.41) is 9.28. The number of aliphatic carboxylic acids is 1. The Bertz CT molecular complexity index is 486. The molecule has 0 saturated carbocycles. The molecule has 2 rings (SSSR count). The van der Waals surface area contributed by atoms with Gasteiger partial charge in [0.1, 0.15) is 6.04 Å². The Kier molecular flexibility index (Phi) is 4.73. The van der Waals surface area contributed by atoms with E-state index in [2.05, 4.69) is 9.97 Å². The summed E-state index contributed by atoms with van der Waals surface area (Å²) in [6, 6.07) is -0.812. The number of amides is 1. The quantitative estimate of drug-likeness (QED) is 0.647. The first kappa shape index (κ1) is 14.5. The van der Waals surface area contributed by atoms with Crippen LogP contribution in [-0.2, 0) is 22.6 Å². The average Bonchev–Trinajstić information content (AvgIpc) is 2.89. The lowest BCUT2D eigenvalue weighted by molar-refractivity contribution is -0.151. The van der Waals surface area contributed by atoms with Crippen LogP contribution >= 0.6 is 0 Å². The largest absolute Gasteiger partial charge is 0.480 e. The van der Waals surface area contributed by atoms with Crippen molar-refractivity contribution < 1.29 is 14.7 Å². The van der Waals surface area contributed by atoms with Crippen LogP contribution in [0.5, 0.6) is 0 Å². The summed E-state index contributed by atoms with van der Waals surface area (Å²) in [6.45, 7) is 0.912. The smallest absolute Gasteiger partial charge is 0.326 e. The molecular weight excluding hydrogens is 260 g/mol. The fraction of sp³-hybridized carbons (Fsp3) is 0.615. The number of hydrogen-bond acceptors (Lipinski definition) is 4. The summed E-state index contributed by atoms with van der Waals surface area (Å²) < 4.78 is 0. The SMILES string of the molecule is NCCCCCC(=O)N1Cc2[nH]cnc2CC1C(=O)O. The molecule has 0 bridgehead atoms. The Hall–Kier alpha value is -1.89. The molecule has 7 heteroatoms. The Balaban J connectivity index is 2.01. The molecule has 0 fully saturated rings. The monoisotopic (exact) mass is 280 g/mol. The molecule has 1 amide bonds. The van der Waals surface area contributed by atoms with E-state index in [1.165, 1.54) is 4.90 Å². The number of fused-ring (bicyclic) bond motifs is 1. The van der Waals surface area contributed by atoms with Crippen molar-refractivity contribution in [2.75, 3.05) is 6.54 Å². The van der Waals surface area contributed by atoms with Gasteiger partial charge >= 0.3 is 5.97 Å². The number of nitrogens with zero attached hydrogens (tertiary/aromatic N) is 2. The van der Waals surface area contributed by atoms with Crippen molar-refractivity contribution in [2.45, 2.75) is 44.7 Å². The molecule has 0 aromatic carbocycles. The van der Waals surface area contributed by atoms with Crippen molar-refractivity contribution >= 4 is 11.9 Å². The van der Waals surface area contributed by atoms with E-state index in [0.29, 0.717) is 19.5 Å². The molecule has 0 aliphatic carbocycles. The van der Waals surface area contributed by atoms with Gasteiger partial charge in [-0.2, -0.15) is 0 Å². The zero-order chi connectivity index (χ0) is 14.5. The van der Waals surface area contributed by atoms with Gasteiger partial charge < -0.3 is 20.7 Å². The number of carbonyl (C=O) groups is 2. The molecule has 20 heavy (non-hydrogen) atoms. The molecule has 1 aromatic heterocycles. The van der Waals surface area contributed by atoms with E-state index in [4.69, 9.17) is 5.73 Å². The van der Waals surface area contributed by atoms with Gasteiger partial charge in [0, 0.05) is 12.8 Å². The van der Waals surface area contributed by atoms with Crippen molar-refractivity contribution in [2.24, 2.45) is 5.73 Å². The highest BCUT2D eigenvalue weighted by molar-refractivity contribution is 5.84. The summed E-state index contributed by atoms with van der Waals surface area (Å²) in [5.41, 5.74) is 6.98. The standard InChI is InChI=1S/C13H20N4O3/c14-5-3-1-2-4-12(18)17-7-10-9(15-8-16-10)6-11(17)13(19)20/h8,11H,1-7,14H2,(H,15,16)(H,19,20). The summed E-state index contributed by atoms with van der Waals surface area (Å²) in [5.74, 6) is -1.09. The molecule has 0 spiro atoms. The molecule has 0 saturated heterocycles. The number of nitrogens with one attached hydrogen (secondary N) is 1. The third kappa shape index (κ3) is 3.16. The second kappa shape index (κ2) is 6.51. The maximum Gasteiger partial charge on any atom is 0.326 e. The minimum absolute atomic E-state index is 0.116. The predicted molar refractivity (Wildman–Crippen MR) is 71.8 cm³/mol. The lowest BCUT2D eigenvalue weighted by atomic mass is 10.0. The van der Waals surface area contributed by atoms with Crippen molar-refractivity contribution in [1.82, 2.24) is 14.9 Å². The van der Waals surface area contributed by atoms with Gasteiger partial charge in [-0.3, -0.25) is 4.79 Å². The maximum atomic E-state index is 12.2.